The number of methoxy groups -OCH3 is 1. The first-order valence-corrected chi connectivity index (χ1v) is 8.57. The van der Waals surface area contributed by atoms with Gasteiger partial charge in [0.05, 0.1) is 18.5 Å². The molecule has 3 heteroatoms. The second-order valence-electron chi connectivity index (χ2n) is 6.09. The monoisotopic (exact) mass is 310 g/mol. The highest BCUT2D eigenvalue weighted by molar-refractivity contribution is 5.70. The van der Waals surface area contributed by atoms with Crippen molar-refractivity contribution in [2.75, 3.05) is 37.0 Å². The Morgan fingerprint density at radius 2 is 1.70 bits per heavy atom. The summed E-state index contributed by atoms with van der Waals surface area (Å²) >= 11 is 0. The van der Waals surface area contributed by atoms with Crippen LogP contribution in [0, 0.1) is 0 Å². The molecule has 0 radical (unpaired) electrons. The van der Waals surface area contributed by atoms with Crippen LogP contribution in [0.25, 0.3) is 0 Å². The number of piperidine rings is 1. The van der Waals surface area contributed by atoms with Crippen molar-refractivity contribution in [3.63, 3.8) is 0 Å². The van der Waals surface area contributed by atoms with Crippen LogP contribution in [-0.4, -0.2) is 26.7 Å². The van der Waals surface area contributed by atoms with Crippen LogP contribution in [0.1, 0.15) is 24.8 Å². The second-order valence-corrected chi connectivity index (χ2v) is 6.09. The van der Waals surface area contributed by atoms with Crippen molar-refractivity contribution in [3.8, 4) is 5.75 Å². The molecule has 1 saturated heterocycles. The first-order chi connectivity index (χ1) is 11.4. The normalized spacial score (nSPS) is 14.6. The molecule has 0 aromatic heterocycles. The summed E-state index contributed by atoms with van der Waals surface area (Å²) in [4.78, 5) is 2.51. The molecule has 3 nitrogen and oxygen atoms in total. The Balaban J connectivity index is 1.59. The molecule has 0 atom stereocenters. The molecule has 23 heavy (non-hydrogen) atoms. The summed E-state index contributed by atoms with van der Waals surface area (Å²) in [7, 11) is 1.70. The summed E-state index contributed by atoms with van der Waals surface area (Å²) in [5, 5.41) is 3.61. The minimum Gasteiger partial charge on any atom is -0.497 e. The van der Waals surface area contributed by atoms with E-state index in [4.69, 9.17) is 4.74 Å². The van der Waals surface area contributed by atoms with E-state index in [-0.39, 0.29) is 0 Å². The van der Waals surface area contributed by atoms with Gasteiger partial charge in [0.2, 0.25) is 0 Å². The van der Waals surface area contributed by atoms with Gasteiger partial charge in [0.1, 0.15) is 5.75 Å². The molecule has 2 aromatic rings. The standard InChI is InChI=1S/C20H26N2O/c1-23-18-11-9-17(10-12-18)13-14-21-19-7-3-4-8-20(19)22-15-5-2-6-16-22/h3-4,7-12,21H,2,5-6,13-16H2,1H3. The summed E-state index contributed by atoms with van der Waals surface area (Å²) < 4.78 is 5.20. The van der Waals surface area contributed by atoms with Crippen LogP contribution in [-0.2, 0) is 6.42 Å². The van der Waals surface area contributed by atoms with E-state index >= 15 is 0 Å². The van der Waals surface area contributed by atoms with Crippen LogP contribution in [0.3, 0.4) is 0 Å². The number of benzene rings is 2. The predicted octanol–water partition coefficient (Wildman–Crippen LogP) is 4.34. The highest BCUT2D eigenvalue weighted by atomic mass is 16.5. The molecule has 0 aliphatic carbocycles. The van der Waals surface area contributed by atoms with E-state index in [0.717, 1.165) is 18.7 Å². The number of para-hydroxylation sites is 2. The molecule has 0 saturated carbocycles. The van der Waals surface area contributed by atoms with Gasteiger partial charge in [0, 0.05) is 19.6 Å². The van der Waals surface area contributed by atoms with Crippen molar-refractivity contribution < 1.29 is 4.74 Å². The number of rotatable bonds is 6. The molecule has 3 rings (SSSR count). The molecule has 1 aliphatic rings. The zero-order valence-electron chi connectivity index (χ0n) is 13.9. The Labute approximate surface area is 139 Å². The van der Waals surface area contributed by atoms with Gasteiger partial charge in [0.25, 0.3) is 0 Å². The number of ether oxygens (including phenoxy) is 1. The molecule has 1 N–H and O–H groups in total. The highest BCUT2D eigenvalue weighted by Gasteiger charge is 2.13. The number of hydrogen-bond acceptors (Lipinski definition) is 3. The van der Waals surface area contributed by atoms with Gasteiger partial charge in [-0.15, -0.1) is 0 Å². The van der Waals surface area contributed by atoms with Gasteiger partial charge in [0.15, 0.2) is 0 Å². The van der Waals surface area contributed by atoms with Crippen molar-refractivity contribution in [2.45, 2.75) is 25.7 Å². The lowest BCUT2D eigenvalue weighted by Gasteiger charge is -2.30. The Bertz CT molecular complexity index is 603. The van der Waals surface area contributed by atoms with E-state index in [9.17, 15) is 0 Å². The molecular formula is C20H26N2O. The summed E-state index contributed by atoms with van der Waals surface area (Å²) in [6.07, 6.45) is 4.99. The van der Waals surface area contributed by atoms with E-state index < -0.39 is 0 Å². The molecular weight excluding hydrogens is 284 g/mol. The molecule has 122 valence electrons. The van der Waals surface area contributed by atoms with Gasteiger partial charge in [-0.25, -0.2) is 0 Å². The van der Waals surface area contributed by atoms with E-state index in [1.165, 1.54) is 49.3 Å². The predicted molar refractivity (Wildman–Crippen MR) is 97.7 cm³/mol. The van der Waals surface area contributed by atoms with Crippen molar-refractivity contribution in [1.82, 2.24) is 0 Å². The largest absolute Gasteiger partial charge is 0.497 e. The van der Waals surface area contributed by atoms with E-state index in [1.807, 2.05) is 12.1 Å². The van der Waals surface area contributed by atoms with E-state index in [0.29, 0.717) is 0 Å². The molecule has 1 heterocycles. The summed E-state index contributed by atoms with van der Waals surface area (Å²) in [5.41, 5.74) is 3.93. The SMILES string of the molecule is COc1ccc(CCNc2ccccc2N2CCCCC2)cc1. The molecule has 0 spiro atoms. The summed E-state index contributed by atoms with van der Waals surface area (Å²) in [6.45, 7) is 3.30. The Kier molecular flexibility index (Phi) is 5.41. The Morgan fingerprint density at radius 3 is 2.43 bits per heavy atom. The first kappa shape index (κ1) is 15.7. The van der Waals surface area contributed by atoms with Gasteiger partial charge in [-0.3, -0.25) is 0 Å². The zero-order valence-corrected chi connectivity index (χ0v) is 13.9. The average molecular weight is 310 g/mol. The van der Waals surface area contributed by atoms with Gasteiger partial charge in [-0.2, -0.15) is 0 Å². The van der Waals surface area contributed by atoms with E-state index in [1.54, 1.807) is 7.11 Å². The second kappa shape index (κ2) is 7.91. The lowest BCUT2D eigenvalue weighted by molar-refractivity contribution is 0.414. The maximum atomic E-state index is 5.20. The fourth-order valence-electron chi connectivity index (χ4n) is 3.17. The third-order valence-corrected chi connectivity index (χ3v) is 4.49. The van der Waals surface area contributed by atoms with Crippen molar-refractivity contribution >= 4 is 11.4 Å². The Morgan fingerprint density at radius 1 is 0.957 bits per heavy atom. The van der Waals surface area contributed by atoms with Crippen LogP contribution >= 0.6 is 0 Å². The van der Waals surface area contributed by atoms with Crippen LogP contribution in [0.2, 0.25) is 0 Å². The van der Waals surface area contributed by atoms with Gasteiger partial charge >= 0.3 is 0 Å². The summed E-state index contributed by atoms with van der Waals surface area (Å²) in [5.74, 6) is 0.914. The molecule has 0 amide bonds. The Hall–Kier alpha value is -2.16. The minimum atomic E-state index is 0.914. The van der Waals surface area contributed by atoms with Crippen molar-refractivity contribution in [2.24, 2.45) is 0 Å². The molecule has 2 aromatic carbocycles. The number of hydrogen-bond donors (Lipinski definition) is 1. The quantitative estimate of drug-likeness (QED) is 0.859. The van der Waals surface area contributed by atoms with Crippen LogP contribution in [0.5, 0.6) is 5.75 Å². The van der Waals surface area contributed by atoms with Crippen LogP contribution in [0.4, 0.5) is 11.4 Å². The van der Waals surface area contributed by atoms with Crippen molar-refractivity contribution in [1.29, 1.82) is 0 Å². The highest BCUT2D eigenvalue weighted by Crippen LogP contribution is 2.28. The lowest BCUT2D eigenvalue weighted by atomic mass is 10.1. The zero-order chi connectivity index (χ0) is 15.9. The third-order valence-electron chi connectivity index (χ3n) is 4.49. The molecule has 1 fully saturated rings. The third kappa shape index (κ3) is 4.19. The van der Waals surface area contributed by atoms with Gasteiger partial charge in [-0.05, 0) is 55.5 Å². The maximum absolute atomic E-state index is 5.20. The molecule has 0 bridgehead atoms. The molecule has 0 unspecified atom stereocenters. The smallest absolute Gasteiger partial charge is 0.118 e. The topological polar surface area (TPSA) is 24.5 Å². The number of anilines is 2. The van der Waals surface area contributed by atoms with Gasteiger partial charge in [-0.1, -0.05) is 24.3 Å². The molecule has 1 aliphatic heterocycles. The number of nitrogens with one attached hydrogen (secondary N) is 1. The maximum Gasteiger partial charge on any atom is 0.118 e. The van der Waals surface area contributed by atoms with Gasteiger partial charge < -0.3 is 15.0 Å². The minimum absolute atomic E-state index is 0.914. The fourth-order valence-corrected chi connectivity index (χ4v) is 3.17. The van der Waals surface area contributed by atoms with E-state index in [2.05, 4.69) is 46.6 Å². The fraction of sp³-hybridized carbons (Fsp3) is 0.400. The number of nitrogens with zero attached hydrogens (tertiary/aromatic N) is 1. The van der Waals surface area contributed by atoms with Crippen LogP contribution < -0.4 is 15.0 Å². The summed E-state index contributed by atoms with van der Waals surface area (Å²) in [6, 6.07) is 17.0. The average Bonchev–Trinajstić information content (AvgIpc) is 2.63. The van der Waals surface area contributed by atoms with Crippen LogP contribution in [0.15, 0.2) is 48.5 Å². The van der Waals surface area contributed by atoms with Crippen molar-refractivity contribution in [3.05, 3.63) is 54.1 Å². The first-order valence-electron chi connectivity index (χ1n) is 8.57. The lowest BCUT2D eigenvalue weighted by Crippen LogP contribution is -2.30.